The van der Waals surface area contributed by atoms with E-state index in [1.165, 1.54) is 27.1 Å². The van der Waals surface area contributed by atoms with E-state index < -0.39 is 17.5 Å². The third kappa shape index (κ3) is 3.69. The van der Waals surface area contributed by atoms with Crippen molar-refractivity contribution in [1.29, 1.82) is 5.26 Å². The van der Waals surface area contributed by atoms with Gasteiger partial charge in [0, 0.05) is 24.2 Å². The molecule has 3 rings (SSSR count). The van der Waals surface area contributed by atoms with Crippen molar-refractivity contribution >= 4 is 23.2 Å². The van der Waals surface area contributed by atoms with Gasteiger partial charge >= 0.3 is 5.97 Å². The maximum atomic E-state index is 12.6. The molecule has 28 heavy (non-hydrogen) atoms. The summed E-state index contributed by atoms with van der Waals surface area (Å²) in [6.07, 6.45) is 1.42. The van der Waals surface area contributed by atoms with Crippen LogP contribution in [0.5, 0.6) is 0 Å². The molecule has 1 amide bonds. The molecule has 142 valence electrons. The van der Waals surface area contributed by atoms with E-state index in [4.69, 9.17) is 10.00 Å². The molecule has 0 radical (unpaired) electrons. The van der Waals surface area contributed by atoms with E-state index >= 15 is 0 Å². The number of fused-ring (bicyclic) bond motifs is 1. The Hall–Kier alpha value is -3.73. The van der Waals surface area contributed by atoms with Crippen LogP contribution >= 0.6 is 0 Å². The minimum absolute atomic E-state index is 0.464. The summed E-state index contributed by atoms with van der Waals surface area (Å²) < 4.78 is 6.74. The van der Waals surface area contributed by atoms with Gasteiger partial charge < -0.3 is 10.1 Å². The number of carbonyl (C=O) groups is 2. The molecule has 0 atom stereocenters. The average molecular weight is 377 g/mol. The van der Waals surface area contributed by atoms with Crippen molar-refractivity contribution in [3.63, 3.8) is 0 Å². The van der Waals surface area contributed by atoms with Crippen molar-refractivity contribution in [3.05, 3.63) is 47.8 Å². The first kappa shape index (κ1) is 19.0. The van der Waals surface area contributed by atoms with Gasteiger partial charge in [-0.15, -0.1) is 0 Å². The molecule has 0 fully saturated rings. The minimum Gasteiger partial charge on any atom is -0.450 e. The molecule has 0 aliphatic rings. The van der Waals surface area contributed by atoms with Crippen molar-refractivity contribution in [3.8, 4) is 17.3 Å². The number of nitrogens with zero attached hydrogens (tertiary/aromatic N) is 4. The van der Waals surface area contributed by atoms with Gasteiger partial charge in [-0.1, -0.05) is 6.07 Å². The molecule has 8 heteroatoms. The van der Waals surface area contributed by atoms with Crippen LogP contribution < -0.4 is 5.32 Å². The molecule has 0 saturated heterocycles. The molecule has 0 aliphatic heterocycles. The number of nitriles is 1. The van der Waals surface area contributed by atoms with Crippen molar-refractivity contribution in [1.82, 2.24) is 14.6 Å². The number of nitrogens with one attached hydrogen (secondary N) is 1. The van der Waals surface area contributed by atoms with Gasteiger partial charge in [-0.3, -0.25) is 9.59 Å². The Morgan fingerprint density at radius 3 is 2.64 bits per heavy atom. The van der Waals surface area contributed by atoms with Crippen LogP contribution in [0, 0.1) is 18.3 Å². The summed E-state index contributed by atoms with van der Waals surface area (Å²) in [6.45, 7) is 6.19. The Kier molecular flexibility index (Phi) is 4.84. The van der Waals surface area contributed by atoms with Gasteiger partial charge in [0.2, 0.25) is 0 Å². The number of aryl methyl sites for hydroxylation is 1. The van der Waals surface area contributed by atoms with Gasteiger partial charge in [-0.25, -0.2) is 9.50 Å². The number of pyridine rings is 1. The van der Waals surface area contributed by atoms with Crippen LogP contribution in [0.3, 0.4) is 0 Å². The molecular formula is C20H19N5O3. The molecule has 1 aromatic carbocycles. The zero-order chi connectivity index (χ0) is 20.5. The highest BCUT2D eigenvalue weighted by molar-refractivity contribution is 5.98. The zero-order valence-electron chi connectivity index (χ0n) is 16.0. The fourth-order valence-corrected chi connectivity index (χ4v) is 2.90. The number of ether oxygens (including phenoxy) is 1. The van der Waals surface area contributed by atoms with E-state index in [9.17, 15) is 9.59 Å². The van der Waals surface area contributed by atoms with Gasteiger partial charge in [0.25, 0.3) is 5.91 Å². The molecule has 0 spiro atoms. The van der Waals surface area contributed by atoms with Crippen molar-refractivity contribution in [2.24, 2.45) is 0 Å². The van der Waals surface area contributed by atoms with Crippen LogP contribution in [-0.4, -0.2) is 32.1 Å². The largest absolute Gasteiger partial charge is 0.450 e. The smallest absolute Gasteiger partial charge is 0.303 e. The van der Waals surface area contributed by atoms with Gasteiger partial charge in [-0.2, -0.15) is 10.4 Å². The van der Waals surface area contributed by atoms with Crippen molar-refractivity contribution in [2.75, 3.05) is 5.32 Å². The number of hydrogen-bond donors (Lipinski definition) is 1. The number of carbonyl (C=O) groups excluding carboxylic acids is 2. The highest BCUT2D eigenvalue weighted by atomic mass is 16.6. The topological polar surface area (TPSA) is 109 Å². The molecule has 0 bridgehead atoms. The second kappa shape index (κ2) is 7.12. The molecule has 0 saturated carbocycles. The van der Waals surface area contributed by atoms with Crippen LogP contribution in [0.15, 0.2) is 36.7 Å². The number of anilines is 1. The number of amides is 1. The maximum absolute atomic E-state index is 12.6. The molecule has 1 N–H and O–H groups in total. The normalized spacial score (nSPS) is 11.1. The number of benzene rings is 1. The van der Waals surface area contributed by atoms with Crippen LogP contribution in [-0.2, 0) is 14.3 Å². The second-order valence-corrected chi connectivity index (χ2v) is 6.86. The van der Waals surface area contributed by atoms with Crippen LogP contribution in [0.25, 0.3) is 16.9 Å². The Morgan fingerprint density at radius 1 is 1.25 bits per heavy atom. The second-order valence-electron chi connectivity index (χ2n) is 6.86. The number of aromatic nitrogens is 3. The molecule has 2 heterocycles. The Labute approximate surface area is 161 Å². The Morgan fingerprint density at radius 2 is 2.00 bits per heavy atom. The highest BCUT2D eigenvalue weighted by Crippen LogP contribution is 2.28. The summed E-state index contributed by atoms with van der Waals surface area (Å²) in [7, 11) is 0. The lowest BCUT2D eigenvalue weighted by Crippen LogP contribution is -2.41. The van der Waals surface area contributed by atoms with E-state index in [1.54, 1.807) is 28.8 Å². The fourth-order valence-electron chi connectivity index (χ4n) is 2.90. The summed E-state index contributed by atoms with van der Waals surface area (Å²) in [5, 5.41) is 16.1. The summed E-state index contributed by atoms with van der Waals surface area (Å²) in [4.78, 5) is 28.0. The summed E-state index contributed by atoms with van der Waals surface area (Å²) >= 11 is 0. The van der Waals surface area contributed by atoms with Crippen LogP contribution in [0.4, 0.5) is 5.69 Å². The Bertz CT molecular complexity index is 1120. The molecule has 8 nitrogen and oxygen atoms in total. The first-order valence-electron chi connectivity index (χ1n) is 8.57. The van der Waals surface area contributed by atoms with E-state index in [2.05, 4.69) is 21.5 Å². The van der Waals surface area contributed by atoms with E-state index in [0.717, 1.165) is 11.1 Å². The summed E-state index contributed by atoms with van der Waals surface area (Å²) in [5.74, 6) is -1.00. The van der Waals surface area contributed by atoms with Gasteiger partial charge in [-0.05, 0) is 44.5 Å². The SMILES string of the molecule is CC(=O)OC(C)(C)C(=O)Nc1cc(-c2ccc(C#N)cc2C)n2ncnc2c1. The van der Waals surface area contributed by atoms with E-state index in [-0.39, 0.29) is 0 Å². The fraction of sp³-hybridized carbons (Fsp3) is 0.250. The quantitative estimate of drug-likeness (QED) is 0.700. The lowest BCUT2D eigenvalue weighted by molar-refractivity contribution is -0.160. The van der Waals surface area contributed by atoms with Crippen molar-refractivity contribution in [2.45, 2.75) is 33.3 Å². The van der Waals surface area contributed by atoms with Crippen LogP contribution in [0.1, 0.15) is 31.9 Å². The standard InChI is InChI=1S/C20H19N5O3/c1-12-7-14(10-21)5-6-16(12)17-8-15(9-18-22-11-23-25(17)18)24-19(27)20(3,4)28-13(2)26/h5-9,11H,1-4H3,(H,24,27). The molecule has 0 unspecified atom stereocenters. The predicted molar refractivity (Wildman–Crippen MR) is 102 cm³/mol. The first-order valence-corrected chi connectivity index (χ1v) is 8.57. The molecule has 3 aromatic rings. The van der Waals surface area contributed by atoms with E-state index in [1.807, 2.05) is 13.0 Å². The van der Waals surface area contributed by atoms with Gasteiger partial charge in [0.1, 0.15) is 6.33 Å². The average Bonchev–Trinajstić information content (AvgIpc) is 3.08. The first-order chi connectivity index (χ1) is 13.2. The summed E-state index contributed by atoms with van der Waals surface area (Å²) in [6, 6.07) is 10.9. The minimum atomic E-state index is -1.32. The summed E-state index contributed by atoms with van der Waals surface area (Å²) in [5.41, 5.74) is 2.72. The van der Waals surface area contributed by atoms with Gasteiger partial charge in [0.15, 0.2) is 11.2 Å². The lowest BCUT2D eigenvalue weighted by Gasteiger charge is -2.23. The van der Waals surface area contributed by atoms with Gasteiger partial charge in [0.05, 0.1) is 17.3 Å². The number of esters is 1. The van der Waals surface area contributed by atoms with Crippen molar-refractivity contribution < 1.29 is 14.3 Å². The zero-order valence-corrected chi connectivity index (χ0v) is 16.0. The van der Waals surface area contributed by atoms with E-state index in [0.29, 0.717) is 22.6 Å². The predicted octanol–water partition coefficient (Wildman–Crippen LogP) is 2.86. The Balaban J connectivity index is 2.04. The maximum Gasteiger partial charge on any atom is 0.303 e. The third-order valence-electron chi connectivity index (χ3n) is 4.21. The van der Waals surface area contributed by atoms with Crippen LogP contribution in [0.2, 0.25) is 0 Å². The number of rotatable bonds is 4. The number of hydrogen-bond acceptors (Lipinski definition) is 6. The monoisotopic (exact) mass is 377 g/mol. The lowest BCUT2D eigenvalue weighted by atomic mass is 10.0. The molecular weight excluding hydrogens is 358 g/mol. The molecule has 2 aromatic heterocycles. The molecule has 0 aliphatic carbocycles. The highest BCUT2D eigenvalue weighted by Gasteiger charge is 2.31. The third-order valence-corrected chi connectivity index (χ3v) is 4.21.